The molecule has 0 aromatic heterocycles. The summed E-state index contributed by atoms with van der Waals surface area (Å²) in [4.78, 5) is 22.0. The van der Waals surface area contributed by atoms with Gasteiger partial charge in [-0.25, -0.2) is 0 Å². The molecule has 1 aromatic carbocycles. The topological polar surface area (TPSA) is 46.2 Å². The summed E-state index contributed by atoms with van der Waals surface area (Å²) >= 11 is 0. The van der Waals surface area contributed by atoms with Crippen LogP contribution in [0.4, 0.5) is 0 Å². The second-order valence-electron chi connectivity index (χ2n) is 3.80. The van der Waals surface area contributed by atoms with Crippen LogP contribution in [0.5, 0.6) is 0 Å². The third-order valence-electron chi connectivity index (χ3n) is 2.22. The first-order valence-electron chi connectivity index (χ1n) is 5.25. The van der Waals surface area contributed by atoms with Crippen LogP contribution in [0.3, 0.4) is 0 Å². The van der Waals surface area contributed by atoms with Gasteiger partial charge < -0.3 is 17.5 Å². The maximum absolute atomic E-state index is 11.3. The van der Waals surface area contributed by atoms with Crippen LogP contribution >= 0.6 is 0 Å². The fraction of sp³-hybridized carbons (Fsp3) is 0.286. The van der Waals surface area contributed by atoms with E-state index in [1.807, 2.05) is 24.3 Å². The van der Waals surface area contributed by atoms with Crippen molar-refractivity contribution >= 4 is 11.7 Å². The van der Waals surface area contributed by atoms with E-state index in [0.717, 1.165) is 11.1 Å². The van der Waals surface area contributed by atoms with Crippen LogP contribution in [-0.2, 0) is 67.4 Å². The molecule has 0 heterocycles. The van der Waals surface area contributed by atoms with Gasteiger partial charge in [-0.1, -0.05) is 5.56 Å². The number of benzene rings is 1. The number of ketones is 1. The number of Topliss-reactive ketones (excluding diaryl/α,β-unsaturated/α-hetero) is 1. The van der Waals surface area contributed by atoms with E-state index in [2.05, 4.69) is 12.2 Å². The van der Waals surface area contributed by atoms with Gasteiger partial charge >= 0.3 is 0 Å². The summed E-state index contributed by atoms with van der Waals surface area (Å²) in [5, 5.41) is 2.76. The van der Waals surface area contributed by atoms with Crippen LogP contribution in [0, 0.1) is 14.4 Å². The molecule has 3 nitrogen and oxygen atoms in total. The number of carbonyl (C=O) groups is 2. The van der Waals surface area contributed by atoms with Crippen molar-refractivity contribution in [3.05, 3.63) is 49.7 Å². The summed E-state index contributed by atoms with van der Waals surface area (Å²) in [5.41, 5.74) is 1.98. The van der Waals surface area contributed by atoms with E-state index in [-0.39, 0.29) is 76.8 Å². The molecule has 5 heteroatoms. The molecule has 0 aliphatic carbocycles. The molecule has 0 saturated heterocycles. The fourth-order valence-corrected chi connectivity index (χ4v) is 1.24. The van der Waals surface area contributed by atoms with Crippen molar-refractivity contribution in [2.45, 2.75) is 26.3 Å². The first kappa shape index (κ1) is 24.0. The second-order valence-corrected chi connectivity index (χ2v) is 3.80. The molecule has 0 bridgehead atoms. The van der Waals surface area contributed by atoms with Crippen molar-refractivity contribution in [1.29, 1.82) is 0 Å². The smallest absolute Gasteiger partial charge is 0.220 e. The molecule has 102 valence electrons. The van der Waals surface area contributed by atoms with Crippen molar-refractivity contribution in [1.82, 2.24) is 5.32 Å². The average Bonchev–Trinajstić information content (AvgIpc) is 2.25. The number of amides is 1. The first-order chi connectivity index (χ1) is 7.58. The number of hydrogen-bond acceptors (Lipinski definition) is 2. The summed E-state index contributed by atoms with van der Waals surface area (Å²) < 4.78 is 0. The molecule has 0 fully saturated rings. The molecular formula is C14H19NO2VY-2. The number of carbonyl (C=O) groups excluding carboxylic acids is 2. The van der Waals surface area contributed by atoms with Gasteiger partial charge in [-0.2, -0.15) is 24.6 Å². The fourth-order valence-electron chi connectivity index (χ4n) is 1.24. The van der Waals surface area contributed by atoms with Crippen molar-refractivity contribution in [3.63, 3.8) is 0 Å². The summed E-state index contributed by atoms with van der Waals surface area (Å²) in [5.74, 6) is -0.0505. The Hall–Kier alpha value is -0.0817. The Morgan fingerprint density at radius 3 is 2.16 bits per heavy atom. The second kappa shape index (κ2) is 12.9. The Morgan fingerprint density at radius 1 is 1.16 bits per heavy atom. The van der Waals surface area contributed by atoms with Crippen LogP contribution in [-0.4, -0.2) is 11.7 Å². The molecule has 19 heavy (non-hydrogen) atoms. The quantitative estimate of drug-likeness (QED) is 0.806. The van der Waals surface area contributed by atoms with E-state index in [1.54, 1.807) is 0 Å². The minimum atomic E-state index is -0.0890. The molecule has 0 aliphatic rings. The molecule has 1 rings (SSSR count). The van der Waals surface area contributed by atoms with E-state index in [9.17, 15) is 9.59 Å². The van der Waals surface area contributed by atoms with Crippen LogP contribution in [0.1, 0.15) is 30.9 Å². The molecule has 1 N–H and O–H groups in total. The normalized spacial score (nSPS) is 8.26. The maximum Gasteiger partial charge on any atom is 0.220 e. The summed E-state index contributed by atoms with van der Waals surface area (Å²) in [7, 11) is 0. The zero-order valence-electron chi connectivity index (χ0n) is 11.5. The van der Waals surface area contributed by atoms with E-state index in [1.165, 1.54) is 6.92 Å². The van der Waals surface area contributed by atoms with Crippen molar-refractivity contribution in [2.24, 2.45) is 0 Å². The van der Waals surface area contributed by atoms with E-state index < -0.39 is 0 Å². The SMILES string of the molecule is [CH2-]c1ccc(CNC(=O)CCC(C)=O)cc1.[CH3-].[V].[Y]. The van der Waals surface area contributed by atoms with Gasteiger partial charge in [0.2, 0.25) is 5.91 Å². The van der Waals surface area contributed by atoms with Crippen molar-refractivity contribution < 1.29 is 60.9 Å². The Bertz CT molecular complexity index is 380. The number of nitrogens with one attached hydrogen (secondary N) is 1. The Kier molecular flexibility index (Phi) is 16.3. The van der Waals surface area contributed by atoms with Crippen molar-refractivity contribution in [2.75, 3.05) is 0 Å². The summed E-state index contributed by atoms with van der Waals surface area (Å²) in [6, 6.07) is 7.65. The zero-order chi connectivity index (χ0) is 12.0. The van der Waals surface area contributed by atoms with Gasteiger partial charge in [-0.15, -0.1) is 12.1 Å². The predicted octanol–water partition coefficient (Wildman–Crippen LogP) is 2.30. The Labute approximate surface area is 153 Å². The standard InChI is InChI=1S/C13H16NO2.CH3.V.Y/c1-10-3-6-12(7-4-10)9-14-13(16)8-5-11(2)15;;;/h3-4,6-7H,1,5,8-9H2,2H3,(H,14,16);1H3;;/q2*-1;;. The monoisotopic (exact) mass is 373 g/mol. The van der Waals surface area contributed by atoms with Gasteiger partial charge in [0.25, 0.3) is 0 Å². The van der Waals surface area contributed by atoms with Crippen LogP contribution in [0.2, 0.25) is 0 Å². The Morgan fingerprint density at radius 2 is 1.68 bits per heavy atom. The Balaban J connectivity index is -0.000000853. The van der Waals surface area contributed by atoms with Crippen LogP contribution < -0.4 is 5.32 Å². The third-order valence-corrected chi connectivity index (χ3v) is 2.22. The maximum atomic E-state index is 11.3. The molecule has 0 unspecified atom stereocenters. The van der Waals surface area contributed by atoms with Gasteiger partial charge in [0.15, 0.2) is 0 Å². The average molecular weight is 373 g/mol. The molecule has 0 spiro atoms. The molecule has 0 aliphatic heterocycles. The van der Waals surface area contributed by atoms with Crippen LogP contribution in [0.25, 0.3) is 0 Å². The summed E-state index contributed by atoms with van der Waals surface area (Å²) in [6.07, 6.45) is 0.576. The van der Waals surface area contributed by atoms with Gasteiger partial charge in [0.05, 0.1) is 0 Å². The summed E-state index contributed by atoms with van der Waals surface area (Å²) in [6.45, 7) is 5.76. The zero-order valence-corrected chi connectivity index (χ0v) is 15.7. The molecule has 2 radical (unpaired) electrons. The van der Waals surface area contributed by atoms with Gasteiger partial charge in [-0.05, 0) is 6.92 Å². The van der Waals surface area contributed by atoms with E-state index in [0.29, 0.717) is 13.0 Å². The van der Waals surface area contributed by atoms with E-state index >= 15 is 0 Å². The third kappa shape index (κ3) is 11.4. The van der Waals surface area contributed by atoms with Gasteiger partial charge in [0, 0.05) is 70.7 Å². The van der Waals surface area contributed by atoms with Crippen molar-refractivity contribution in [3.8, 4) is 0 Å². The molecule has 0 saturated carbocycles. The molecule has 1 aromatic rings. The van der Waals surface area contributed by atoms with Crippen LogP contribution in [0.15, 0.2) is 24.3 Å². The number of rotatable bonds is 5. The molecule has 1 amide bonds. The minimum absolute atomic E-state index is 0. The van der Waals surface area contributed by atoms with Gasteiger partial charge in [-0.3, -0.25) is 4.79 Å². The van der Waals surface area contributed by atoms with E-state index in [4.69, 9.17) is 0 Å². The first-order valence-corrected chi connectivity index (χ1v) is 5.25. The largest absolute Gasteiger partial charge is 0.358 e. The minimum Gasteiger partial charge on any atom is -0.358 e. The number of hydrogen-bond donors (Lipinski definition) is 1. The van der Waals surface area contributed by atoms with Gasteiger partial charge in [0.1, 0.15) is 5.78 Å². The molecular weight excluding hydrogens is 354 g/mol. The molecule has 0 atom stereocenters. The predicted molar refractivity (Wildman–Crippen MR) is 69.1 cm³/mol.